The summed E-state index contributed by atoms with van der Waals surface area (Å²) in [7, 11) is 2.04. The van der Waals surface area contributed by atoms with Crippen molar-refractivity contribution < 1.29 is 23.8 Å². The number of terminal acetylenes is 1. The standard InChI is InChI=1S/C40H54ClN5O5S/c1-3-19-49-21-23-51-24-22-50-20-5-4-6-25-52-26-7-16-46-36-11-10-33(41)28-35(36)43-38(46)30-44(2)37-29-42-15-12-34(37)40(31-47)13-17-45(18-14-40)39(48)27-32-8-9-32/h1,10-12,15,28-29,31-32H,4-9,13-14,16-27,30H2,2H3. The number of nitrogens with zero attached hydrogens (tertiary/aromatic N) is 5. The topological polar surface area (TPSA) is 99.0 Å². The molecule has 10 nitrogen and oxygen atoms in total. The quantitative estimate of drug-likeness (QED) is 0.0573. The zero-order valence-electron chi connectivity index (χ0n) is 30.6. The molecule has 12 heteroatoms. The van der Waals surface area contributed by atoms with Crippen LogP contribution >= 0.6 is 23.4 Å². The number of amides is 1. The highest BCUT2D eigenvalue weighted by Gasteiger charge is 2.40. The molecule has 3 heterocycles. The zero-order chi connectivity index (χ0) is 36.6. The second kappa shape index (κ2) is 20.9. The Morgan fingerprint density at radius 2 is 1.81 bits per heavy atom. The second-order valence-electron chi connectivity index (χ2n) is 13.9. The highest BCUT2D eigenvalue weighted by molar-refractivity contribution is 7.99. The highest BCUT2D eigenvalue weighted by Crippen LogP contribution is 2.40. The van der Waals surface area contributed by atoms with E-state index >= 15 is 0 Å². The Balaban J connectivity index is 1.09. The third-order valence-corrected chi connectivity index (χ3v) is 11.4. The number of anilines is 1. The smallest absolute Gasteiger partial charge is 0.222 e. The molecule has 1 amide bonds. The predicted octanol–water partition coefficient (Wildman–Crippen LogP) is 6.56. The van der Waals surface area contributed by atoms with Gasteiger partial charge in [0.1, 0.15) is 18.7 Å². The number of unbranched alkanes of at least 4 members (excludes halogenated alkanes) is 2. The predicted molar refractivity (Wildman–Crippen MR) is 209 cm³/mol. The van der Waals surface area contributed by atoms with Crippen molar-refractivity contribution in [1.29, 1.82) is 0 Å². The van der Waals surface area contributed by atoms with Crippen molar-refractivity contribution in [3.05, 3.63) is 53.1 Å². The van der Waals surface area contributed by atoms with Crippen LogP contribution < -0.4 is 4.90 Å². The lowest BCUT2D eigenvalue weighted by Crippen LogP contribution is -2.46. The number of pyridine rings is 1. The molecule has 1 saturated heterocycles. The maximum Gasteiger partial charge on any atom is 0.222 e. The number of carbonyl (C=O) groups excluding carboxylic acids is 2. The second-order valence-corrected chi connectivity index (χ2v) is 15.5. The number of fused-ring (bicyclic) bond motifs is 1. The number of aromatic nitrogens is 3. The van der Waals surface area contributed by atoms with Crippen LogP contribution in [0, 0.1) is 18.3 Å². The van der Waals surface area contributed by atoms with Crippen LogP contribution in [0.15, 0.2) is 36.7 Å². The number of aldehydes is 1. The lowest BCUT2D eigenvalue weighted by Gasteiger charge is -2.40. The third-order valence-electron chi connectivity index (χ3n) is 9.99. The van der Waals surface area contributed by atoms with Gasteiger partial charge >= 0.3 is 0 Å². The Hall–Kier alpha value is -3.14. The zero-order valence-corrected chi connectivity index (χ0v) is 32.2. The first kappa shape index (κ1) is 40.1. The molecule has 1 aliphatic carbocycles. The van der Waals surface area contributed by atoms with Gasteiger partial charge in [0.25, 0.3) is 0 Å². The first-order valence-electron chi connectivity index (χ1n) is 18.7. The average Bonchev–Trinajstić information content (AvgIpc) is 3.92. The fourth-order valence-electron chi connectivity index (χ4n) is 6.82. The van der Waals surface area contributed by atoms with E-state index in [1.807, 2.05) is 48.1 Å². The number of piperidine rings is 1. The van der Waals surface area contributed by atoms with E-state index in [-0.39, 0.29) is 5.91 Å². The van der Waals surface area contributed by atoms with Gasteiger partial charge in [-0.2, -0.15) is 11.8 Å². The minimum atomic E-state index is -0.658. The minimum Gasteiger partial charge on any atom is -0.379 e. The van der Waals surface area contributed by atoms with Crippen LogP contribution in [-0.2, 0) is 42.3 Å². The number of imidazole rings is 1. The number of likely N-dealkylation sites (tertiary alicyclic amines) is 1. The summed E-state index contributed by atoms with van der Waals surface area (Å²) in [5, 5.41) is 0.665. The minimum absolute atomic E-state index is 0.228. The molecule has 0 atom stereocenters. The van der Waals surface area contributed by atoms with Crippen LogP contribution in [0.25, 0.3) is 11.0 Å². The molecule has 2 aliphatic rings. The van der Waals surface area contributed by atoms with Gasteiger partial charge in [0.05, 0.1) is 61.3 Å². The number of rotatable bonds is 24. The van der Waals surface area contributed by atoms with E-state index in [1.165, 1.54) is 6.42 Å². The number of hydrogen-bond donors (Lipinski definition) is 0. The maximum atomic E-state index is 12.8. The summed E-state index contributed by atoms with van der Waals surface area (Å²) < 4.78 is 18.6. The molecule has 0 spiro atoms. The highest BCUT2D eigenvalue weighted by atomic mass is 35.5. The van der Waals surface area contributed by atoms with Crippen molar-refractivity contribution in [1.82, 2.24) is 19.4 Å². The van der Waals surface area contributed by atoms with Gasteiger partial charge in [0.2, 0.25) is 5.91 Å². The fourth-order valence-corrected chi connectivity index (χ4v) is 7.93. The van der Waals surface area contributed by atoms with Gasteiger partial charge in [-0.1, -0.05) is 23.9 Å². The van der Waals surface area contributed by atoms with E-state index in [0.717, 1.165) is 91.2 Å². The summed E-state index contributed by atoms with van der Waals surface area (Å²) in [6.45, 7) is 5.89. The van der Waals surface area contributed by atoms with Crippen molar-refractivity contribution in [2.45, 2.75) is 76.3 Å². The van der Waals surface area contributed by atoms with Crippen LogP contribution in [0.4, 0.5) is 5.69 Å². The summed E-state index contributed by atoms with van der Waals surface area (Å²) in [5.74, 6) is 6.36. The number of hydrogen-bond acceptors (Lipinski definition) is 9. The molecule has 0 bridgehead atoms. The van der Waals surface area contributed by atoms with Crippen LogP contribution in [0.5, 0.6) is 0 Å². The molecule has 0 unspecified atom stereocenters. The Morgan fingerprint density at radius 3 is 2.56 bits per heavy atom. The summed E-state index contributed by atoms with van der Waals surface area (Å²) in [6, 6.07) is 7.88. The number of benzene rings is 1. The van der Waals surface area contributed by atoms with Gasteiger partial charge in [0.15, 0.2) is 0 Å². The first-order valence-corrected chi connectivity index (χ1v) is 20.3. The van der Waals surface area contributed by atoms with E-state index in [4.69, 9.17) is 37.2 Å². The van der Waals surface area contributed by atoms with Crippen molar-refractivity contribution in [3.8, 4) is 12.3 Å². The van der Waals surface area contributed by atoms with Crippen molar-refractivity contribution in [2.75, 3.05) is 76.2 Å². The molecule has 0 N–H and O–H groups in total. The van der Waals surface area contributed by atoms with E-state index in [0.29, 0.717) is 82.9 Å². The Bertz CT molecular complexity index is 1620. The first-order chi connectivity index (χ1) is 25.4. The summed E-state index contributed by atoms with van der Waals surface area (Å²) in [4.78, 5) is 39.2. The lowest BCUT2D eigenvalue weighted by molar-refractivity contribution is -0.134. The van der Waals surface area contributed by atoms with E-state index in [2.05, 4.69) is 26.4 Å². The molecular formula is C40H54ClN5O5S. The van der Waals surface area contributed by atoms with Gasteiger partial charge in [-0.15, -0.1) is 6.42 Å². The Labute approximate surface area is 318 Å². The Kier molecular flexibility index (Phi) is 16.1. The molecule has 0 radical (unpaired) electrons. The van der Waals surface area contributed by atoms with Gasteiger partial charge in [-0.25, -0.2) is 4.98 Å². The number of carbonyl (C=O) groups is 2. The van der Waals surface area contributed by atoms with Crippen LogP contribution in [0.2, 0.25) is 5.02 Å². The van der Waals surface area contributed by atoms with Gasteiger partial charge < -0.3 is 33.4 Å². The summed E-state index contributed by atoms with van der Waals surface area (Å²) >= 11 is 8.37. The SMILES string of the molecule is C#CCOCCOCCOCCCCCSCCCn1c(CN(C)c2cnccc2C2(C=O)CCN(C(=O)CC3CC3)CC2)nc2cc(Cl)ccc21. The number of halogens is 1. The molecule has 3 aromatic rings. The molecule has 282 valence electrons. The van der Waals surface area contributed by atoms with Crippen molar-refractivity contribution in [3.63, 3.8) is 0 Å². The van der Waals surface area contributed by atoms with E-state index < -0.39 is 5.41 Å². The van der Waals surface area contributed by atoms with Crippen LogP contribution in [0.1, 0.15) is 69.2 Å². The maximum absolute atomic E-state index is 12.8. The molecular weight excluding hydrogens is 698 g/mol. The molecule has 1 saturated carbocycles. The van der Waals surface area contributed by atoms with Gasteiger partial charge in [-0.05, 0) is 92.2 Å². The molecule has 1 aliphatic heterocycles. The fraction of sp³-hybridized carbons (Fsp3) is 0.600. The normalized spacial score (nSPS) is 15.5. The molecule has 2 fully saturated rings. The van der Waals surface area contributed by atoms with E-state index in [9.17, 15) is 9.59 Å². The molecule has 2 aromatic heterocycles. The molecule has 1 aromatic carbocycles. The summed E-state index contributed by atoms with van der Waals surface area (Å²) in [6.07, 6.45) is 18.4. The largest absolute Gasteiger partial charge is 0.379 e. The van der Waals surface area contributed by atoms with Crippen molar-refractivity contribution >= 4 is 52.3 Å². The monoisotopic (exact) mass is 751 g/mol. The van der Waals surface area contributed by atoms with Gasteiger partial charge in [-0.3, -0.25) is 9.78 Å². The summed E-state index contributed by atoms with van der Waals surface area (Å²) in [5.41, 5.74) is 3.18. The number of thioether (sulfide) groups is 1. The number of aryl methyl sites for hydroxylation is 1. The average molecular weight is 752 g/mol. The van der Waals surface area contributed by atoms with E-state index in [1.54, 1.807) is 6.20 Å². The van der Waals surface area contributed by atoms with Crippen LogP contribution in [0.3, 0.4) is 0 Å². The number of ether oxygens (including phenoxy) is 3. The lowest BCUT2D eigenvalue weighted by atomic mass is 9.73. The van der Waals surface area contributed by atoms with Gasteiger partial charge in [0, 0.05) is 50.9 Å². The molecule has 5 rings (SSSR count). The Morgan fingerprint density at radius 1 is 1.06 bits per heavy atom. The molecule has 52 heavy (non-hydrogen) atoms. The van der Waals surface area contributed by atoms with Crippen LogP contribution in [-0.4, -0.2) is 103 Å². The third kappa shape index (κ3) is 11.7. The van der Waals surface area contributed by atoms with Crippen molar-refractivity contribution in [2.24, 2.45) is 5.92 Å².